The molecule has 5 nitrogen and oxygen atoms in total. The molecule has 0 amide bonds. The van der Waals surface area contributed by atoms with Crippen LogP contribution in [-0.4, -0.2) is 62.6 Å². The molecule has 0 aromatic heterocycles. The van der Waals surface area contributed by atoms with Crippen molar-refractivity contribution in [2.24, 2.45) is 0 Å². The smallest absolute Gasteiger partial charge is 0.193 e. The maximum absolute atomic E-state index is 15.1. The number of hydrogen-bond acceptors (Lipinski definition) is 5. The van der Waals surface area contributed by atoms with Crippen molar-refractivity contribution in [3.63, 3.8) is 0 Å². The third-order valence-corrected chi connectivity index (χ3v) is 28.6. The Kier molecular flexibility index (Phi) is 14.3. The molecular weight excluding hydrogens is 700 g/mol. The highest BCUT2D eigenvalue weighted by Crippen LogP contribution is 2.48. The van der Waals surface area contributed by atoms with E-state index in [0.717, 1.165) is 28.2 Å². The standard InChI is InChI=1S/C42H71O5PSi3/c1-33-34(28-31-48(43,35-24-19-17-20-25-35)36-26-21-18-22-27-36)32-37(46-50(13,14)41(5,6)7)39(38(33)47-51(15,16)42(8,9)10)44-29-23-30-45-49(11,12)40(2,3)4/h17-22,24-28,37-39H,1,23,29-32H2,2-16H3/b34-28+/t37-,38-,39+/m1/s1. The molecule has 0 heterocycles. The molecule has 1 aliphatic rings. The summed E-state index contributed by atoms with van der Waals surface area (Å²) in [6, 6.07) is 19.8. The Morgan fingerprint density at radius 1 is 0.706 bits per heavy atom. The number of ether oxygens (including phenoxy) is 1. The maximum Gasteiger partial charge on any atom is 0.193 e. The van der Waals surface area contributed by atoms with Crippen LogP contribution >= 0.6 is 7.14 Å². The predicted molar refractivity (Wildman–Crippen MR) is 228 cm³/mol. The average Bonchev–Trinajstić information content (AvgIpc) is 3.01. The number of benzene rings is 2. The van der Waals surface area contributed by atoms with E-state index in [1.165, 1.54) is 0 Å². The van der Waals surface area contributed by atoms with Crippen LogP contribution < -0.4 is 10.6 Å². The Bertz CT molecular complexity index is 1470. The molecule has 1 aliphatic carbocycles. The summed E-state index contributed by atoms with van der Waals surface area (Å²) in [4.78, 5) is 0. The van der Waals surface area contributed by atoms with Crippen molar-refractivity contribution < 1.29 is 22.6 Å². The second kappa shape index (κ2) is 16.6. The van der Waals surface area contributed by atoms with Crippen molar-refractivity contribution in [3.8, 4) is 0 Å². The first-order valence-corrected chi connectivity index (χ1v) is 29.5. The highest BCUT2D eigenvalue weighted by atomic mass is 31.2. The first-order chi connectivity index (χ1) is 23.2. The van der Waals surface area contributed by atoms with E-state index < -0.39 is 32.1 Å². The SMILES string of the molecule is C=C1/C(=C/CP(=O)(c2ccccc2)c2ccccc2)C[C@@H](O[Si](C)(C)C(C)(C)C)[C@H](OCCCO[Si](C)(C)C(C)(C)C)[C@@H]1O[Si](C)(C)C(C)(C)C. The molecule has 0 radical (unpaired) electrons. The Hall–Kier alpha value is -1.36. The zero-order valence-electron chi connectivity index (χ0n) is 34.8. The fourth-order valence-electron chi connectivity index (χ4n) is 5.50. The summed E-state index contributed by atoms with van der Waals surface area (Å²) < 4.78 is 43.1. The molecule has 2 aromatic rings. The van der Waals surface area contributed by atoms with Crippen molar-refractivity contribution in [2.75, 3.05) is 19.4 Å². The molecule has 9 heteroatoms. The molecule has 3 atom stereocenters. The topological polar surface area (TPSA) is 54.0 Å². The van der Waals surface area contributed by atoms with Crippen LogP contribution in [0.4, 0.5) is 0 Å². The second-order valence-corrected chi connectivity index (χ2v) is 36.3. The number of hydrogen-bond donors (Lipinski definition) is 0. The monoisotopic (exact) mass is 770 g/mol. The summed E-state index contributed by atoms with van der Waals surface area (Å²) in [6.07, 6.45) is 3.08. The molecule has 0 saturated heterocycles. The van der Waals surface area contributed by atoms with Gasteiger partial charge in [0.25, 0.3) is 0 Å². The van der Waals surface area contributed by atoms with Gasteiger partial charge in [-0.3, -0.25) is 0 Å². The van der Waals surface area contributed by atoms with Crippen LogP contribution in [0, 0.1) is 0 Å². The van der Waals surface area contributed by atoms with E-state index >= 15 is 4.57 Å². The largest absolute Gasteiger partial charge is 0.417 e. The van der Waals surface area contributed by atoms with Gasteiger partial charge in [0.05, 0.1) is 12.2 Å². The lowest BCUT2D eigenvalue weighted by Gasteiger charge is -2.49. The Morgan fingerprint density at radius 3 is 1.61 bits per heavy atom. The third-order valence-electron chi connectivity index (χ3n) is 12.1. The summed E-state index contributed by atoms with van der Waals surface area (Å²) in [7, 11) is -9.35. The van der Waals surface area contributed by atoms with Crippen LogP contribution in [0.5, 0.6) is 0 Å². The van der Waals surface area contributed by atoms with Gasteiger partial charge in [-0.2, -0.15) is 0 Å². The minimum atomic E-state index is -2.98. The zero-order chi connectivity index (χ0) is 38.7. The molecule has 0 bridgehead atoms. The summed E-state index contributed by atoms with van der Waals surface area (Å²) in [6.45, 7) is 40.3. The highest BCUT2D eigenvalue weighted by molar-refractivity contribution is 7.78. The Balaban J connectivity index is 2.07. The predicted octanol–water partition coefficient (Wildman–Crippen LogP) is 11.5. The average molecular weight is 771 g/mol. The van der Waals surface area contributed by atoms with Gasteiger partial charge in [0.15, 0.2) is 25.0 Å². The molecule has 3 rings (SSSR count). The van der Waals surface area contributed by atoms with Gasteiger partial charge in [-0.1, -0.05) is 136 Å². The van der Waals surface area contributed by atoms with E-state index in [4.69, 9.17) is 24.6 Å². The first kappa shape index (κ1) is 44.0. The lowest BCUT2D eigenvalue weighted by Crippen LogP contribution is -2.57. The third kappa shape index (κ3) is 10.9. The van der Waals surface area contributed by atoms with Crippen molar-refractivity contribution >= 4 is 42.7 Å². The van der Waals surface area contributed by atoms with Crippen LogP contribution in [0.2, 0.25) is 54.4 Å². The van der Waals surface area contributed by atoms with Gasteiger partial charge >= 0.3 is 0 Å². The lowest BCUT2D eigenvalue weighted by atomic mass is 9.84. The summed E-state index contributed by atoms with van der Waals surface area (Å²) >= 11 is 0. The molecule has 1 saturated carbocycles. The molecule has 0 spiro atoms. The molecule has 0 N–H and O–H groups in total. The summed E-state index contributed by atoms with van der Waals surface area (Å²) in [5, 5.41) is 1.88. The van der Waals surface area contributed by atoms with Gasteiger partial charge in [-0.05, 0) is 72.0 Å². The molecular formula is C42H71O5PSi3. The quantitative estimate of drug-likeness (QED) is 0.109. The number of allylic oxidation sites excluding steroid dienone is 1. The summed E-state index contributed by atoms with van der Waals surface area (Å²) in [5.74, 6) is 0. The van der Waals surface area contributed by atoms with Crippen LogP contribution in [0.25, 0.3) is 0 Å². The molecule has 2 aromatic carbocycles. The van der Waals surface area contributed by atoms with E-state index in [-0.39, 0.29) is 33.4 Å². The first-order valence-electron chi connectivity index (χ1n) is 18.9. The normalized spacial score (nSPS) is 21.0. The van der Waals surface area contributed by atoms with Crippen molar-refractivity contribution in [1.82, 2.24) is 0 Å². The molecule has 0 unspecified atom stereocenters. The Morgan fingerprint density at radius 2 is 1.16 bits per heavy atom. The zero-order valence-corrected chi connectivity index (χ0v) is 38.7. The minimum Gasteiger partial charge on any atom is -0.417 e. The van der Waals surface area contributed by atoms with Crippen molar-refractivity contribution in [3.05, 3.63) is 84.5 Å². The van der Waals surface area contributed by atoms with Crippen LogP contribution in [0.15, 0.2) is 84.5 Å². The van der Waals surface area contributed by atoms with E-state index in [2.05, 4.69) is 108 Å². The van der Waals surface area contributed by atoms with Gasteiger partial charge in [0.1, 0.15) is 13.2 Å². The van der Waals surface area contributed by atoms with E-state index in [1.54, 1.807) is 0 Å². The van der Waals surface area contributed by atoms with Gasteiger partial charge in [-0.25, -0.2) is 0 Å². The molecule has 1 fully saturated rings. The second-order valence-electron chi connectivity index (χ2n) is 19.1. The van der Waals surface area contributed by atoms with Crippen LogP contribution in [-0.2, 0) is 22.6 Å². The van der Waals surface area contributed by atoms with Crippen molar-refractivity contribution in [1.29, 1.82) is 0 Å². The number of rotatable bonds is 14. The lowest BCUT2D eigenvalue weighted by molar-refractivity contribution is -0.0879. The molecule has 0 aliphatic heterocycles. The van der Waals surface area contributed by atoms with Gasteiger partial charge in [0.2, 0.25) is 0 Å². The minimum absolute atomic E-state index is 0.0116. The van der Waals surface area contributed by atoms with Gasteiger partial charge < -0.3 is 22.6 Å². The van der Waals surface area contributed by atoms with E-state index in [9.17, 15) is 0 Å². The fraction of sp³-hybridized carbons (Fsp3) is 0.619. The highest BCUT2D eigenvalue weighted by Gasteiger charge is 2.49. The Labute approximate surface area is 315 Å². The van der Waals surface area contributed by atoms with Crippen molar-refractivity contribution in [2.45, 2.75) is 148 Å². The van der Waals surface area contributed by atoms with Gasteiger partial charge in [-0.15, -0.1) is 0 Å². The van der Waals surface area contributed by atoms with Gasteiger partial charge in [0, 0.05) is 36.4 Å². The van der Waals surface area contributed by atoms with Crippen LogP contribution in [0.1, 0.15) is 75.2 Å². The fourth-order valence-corrected chi connectivity index (χ4v) is 11.7. The molecule has 51 heavy (non-hydrogen) atoms. The van der Waals surface area contributed by atoms with E-state index in [0.29, 0.717) is 25.8 Å². The van der Waals surface area contributed by atoms with E-state index in [1.807, 2.05) is 60.7 Å². The summed E-state index contributed by atoms with van der Waals surface area (Å²) in [5.41, 5.74) is 1.99. The molecule has 286 valence electrons. The maximum atomic E-state index is 15.1. The van der Waals surface area contributed by atoms with Crippen LogP contribution in [0.3, 0.4) is 0 Å².